The van der Waals surface area contributed by atoms with Crippen LogP contribution in [0.3, 0.4) is 0 Å². The molecular weight excluding hydrogens is 115 g/mol. The van der Waals surface area contributed by atoms with Crippen molar-refractivity contribution in [2.75, 3.05) is 0 Å². The zero-order chi connectivity index (χ0) is 0. The van der Waals surface area contributed by atoms with Gasteiger partial charge in [0.05, 0.1) is 0 Å². The molecule has 4 N–H and O–H groups in total. The van der Waals surface area contributed by atoms with E-state index in [9.17, 15) is 0 Å². The third-order valence-electron chi connectivity index (χ3n) is 0. The number of hydrogen-bond acceptors (Lipinski definition) is 0. The van der Waals surface area contributed by atoms with Crippen LogP contribution in [0, 0.1) is 0 Å². The van der Waals surface area contributed by atoms with Crippen LogP contribution in [-0.4, -0.2) is 11.0 Å². The maximum absolute atomic E-state index is 0. The molecule has 0 saturated heterocycles. The van der Waals surface area contributed by atoms with Gasteiger partial charge in [-0.25, -0.2) is 0 Å². The zero-order valence-corrected chi connectivity index (χ0v) is 4.29. The van der Waals surface area contributed by atoms with Crippen molar-refractivity contribution in [3.63, 3.8) is 0 Å². The molecule has 0 aromatic rings. The quantitative estimate of drug-likeness (QED) is 0.359. The molecule has 0 amide bonds. The molecule has 0 aliphatic rings. The zero-order valence-electron chi connectivity index (χ0n) is 1.91. The Balaban J connectivity index is 0. The van der Waals surface area contributed by atoms with E-state index in [0.29, 0.717) is 0 Å². The second kappa shape index (κ2) is 39.3. The first-order chi connectivity index (χ1) is 0. The van der Waals surface area contributed by atoms with E-state index in [0.717, 1.165) is 0 Å². The molecule has 0 aromatic heterocycles. The summed E-state index contributed by atoms with van der Waals surface area (Å²) in [4.78, 5) is 0. The minimum atomic E-state index is 0. The molecule has 28 valence electrons. The van der Waals surface area contributed by atoms with E-state index in [1.165, 1.54) is 0 Å². The Hall–Kier alpha value is 0.924. The molecule has 4 heteroatoms. The molecule has 2 nitrogen and oxygen atoms in total. The van der Waals surface area contributed by atoms with Crippen molar-refractivity contribution in [3.05, 3.63) is 0 Å². The van der Waals surface area contributed by atoms with E-state index in [1.807, 2.05) is 0 Å². The van der Waals surface area contributed by atoms with Gasteiger partial charge in [0.25, 0.3) is 0 Å². The third-order valence-corrected chi connectivity index (χ3v) is 0. The average Bonchev–Trinajstić information content (AvgIpc) is 0. The van der Waals surface area contributed by atoms with E-state index in [-0.39, 0.29) is 45.1 Å². The maximum atomic E-state index is 0. The van der Waals surface area contributed by atoms with Crippen molar-refractivity contribution in [1.82, 2.24) is 0 Å². The molecule has 0 aromatic carbocycles. The van der Waals surface area contributed by atoms with Gasteiger partial charge in [0.1, 0.15) is 0 Å². The Bertz CT molecular complexity index is 6.00. The van der Waals surface area contributed by atoms with Crippen molar-refractivity contribution < 1.29 is 32.7 Å². The topological polar surface area (TPSA) is 63.0 Å². The van der Waals surface area contributed by atoms with Gasteiger partial charge in [0.2, 0.25) is 0 Å². The normalized spacial score (nSPS) is 0. The van der Waals surface area contributed by atoms with Crippen molar-refractivity contribution in [1.29, 1.82) is 0 Å². The van der Waals surface area contributed by atoms with Gasteiger partial charge in [0, 0.05) is 21.7 Å². The van der Waals surface area contributed by atoms with Crippen LogP contribution in [0.15, 0.2) is 0 Å². The first-order valence-corrected chi connectivity index (χ1v) is 0. The van der Waals surface area contributed by atoms with Gasteiger partial charge in [0.15, 0.2) is 0 Å². The van der Waals surface area contributed by atoms with E-state index in [4.69, 9.17) is 0 Å². The largest absolute Gasteiger partial charge is 0.412 e. The number of hydrogen-bond donors (Lipinski definition) is 0. The summed E-state index contributed by atoms with van der Waals surface area (Å²) in [6, 6.07) is 0. The standard InChI is InChI=1S/ClH.2H2O.Ti/h1H;2*1H2;. The summed E-state index contributed by atoms with van der Waals surface area (Å²) in [6.45, 7) is 0. The molecule has 0 spiro atoms. The molecule has 0 atom stereocenters. The maximum Gasteiger partial charge on any atom is 0 e. The van der Waals surface area contributed by atoms with Crippen molar-refractivity contribution in [3.8, 4) is 0 Å². The van der Waals surface area contributed by atoms with Crippen LogP contribution in [0.25, 0.3) is 0 Å². The smallest absolute Gasteiger partial charge is 0 e. The average molecular weight is 120 g/mol. The first-order valence-electron chi connectivity index (χ1n) is 0. The van der Waals surface area contributed by atoms with Crippen LogP contribution in [0.1, 0.15) is 0 Å². The van der Waals surface area contributed by atoms with Gasteiger partial charge < -0.3 is 11.0 Å². The van der Waals surface area contributed by atoms with Gasteiger partial charge in [-0.3, -0.25) is 0 Å². The summed E-state index contributed by atoms with van der Waals surface area (Å²) in [6.07, 6.45) is 0. The predicted molar refractivity (Wildman–Crippen MR) is 14.5 cm³/mol. The van der Waals surface area contributed by atoms with E-state index in [2.05, 4.69) is 0 Å². The van der Waals surface area contributed by atoms with Gasteiger partial charge in [-0.1, -0.05) is 0 Å². The molecule has 0 saturated carbocycles. The Morgan fingerprint density at radius 3 is 0.750 bits per heavy atom. The van der Waals surface area contributed by atoms with Crippen LogP contribution in [-0.2, 0) is 21.7 Å². The van der Waals surface area contributed by atoms with Crippen molar-refractivity contribution in [2.24, 2.45) is 0 Å². The fourth-order valence-corrected chi connectivity index (χ4v) is 0. The van der Waals surface area contributed by atoms with Crippen LogP contribution >= 0.6 is 12.4 Å². The summed E-state index contributed by atoms with van der Waals surface area (Å²) in [5, 5.41) is 0. The molecule has 0 bridgehead atoms. The Labute approximate surface area is 45.5 Å². The summed E-state index contributed by atoms with van der Waals surface area (Å²) >= 11 is 0. The molecule has 0 aliphatic carbocycles. The second-order valence-electron chi connectivity index (χ2n) is 0. The molecule has 0 unspecified atom stereocenters. The molecule has 4 heavy (non-hydrogen) atoms. The first kappa shape index (κ1) is 88.8. The molecule has 0 radical (unpaired) electrons. The SMILES string of the molecule is Cl.O.O.[Ti]. The third kappa shape index (κ3) is 12.7. The molecule has 0 aliphatic heterocycles. The summed E-state index contributed by atoms with van der Waals surface area (Å²) in [7, 11) is 0. The minimum Gasteiger partial charge on any atom is -0.412 e. The summed E-state index contributed by atoms with van der Waals surface area (Å²) in [5.41, 5.74) is 0. The van der Waals surface area contributed by atoms with E-state index >= 15 is 0 Å². The summed E-state index contributed by atoms with van der Waals surface area (Å²) < 4.78 is 0. The van der Waals surface area contributed by atoms with Crippen LogP contribution in [0.5, 0.6) is 0 Å². The van der Waals surface area contributed by atoms with Gasteiger partial charge in [-0.05, 0) is 0 Å². The Kier molecular flexibility index (Phi) is 872. The summed E-state index contributed by atoms with van der Waals surface area (Å²) in [5.74, 6) is 0. The predicted octanol–water partition coefficient (Wildman–Crippen LogP) is -1.23. The van der Waals surface area contributed by atoms with E-state index in [1.54, 1.807) is 0 Å². The molecule has 0 rings (SSSR count). The fourth-order valence-electron chi connectivity index (χ4n) is 0. The van der Waals surface area contributed by atoms with Crippen molar-refractivity contribution in [2.45, 2.75) is 0 Å². The minimum absolute atomic E-state index is 0. The van der Waals surface area contributed by atoms with Crippen LogP contribution < -0.4 is 0 Å². The number of halogens is 1. The second-order valence-corrected chi connectivity index (χ2v) is 0. The van der Waals surface area contributed by atoms with E-state index < -0.39 is 0 Å². The Morgan fingerprint density at radius 1 is 0.750 bits per heavy atom. The van der Waals surface area contributed by atoms with Crippen molar-refractivity contribution >= 4 is 12.4 Å². The van der Waals surface area contributed by atoms with Gasteiger partial charge in [-0.2, -0.15) is 0 Å². The Morgan fingerprint density at radius 2 is 0.750 bits per heavy atom. The van der Waals surface area contributed by atoms with Gasteiger partial charge in [-0.15, -0.1) is 12.4 Å². The van der Waals surface area contributed by atoms with Crippen LogP contribution in [0.4, 0.5) is 0 Å². The number of rotatable bonds is 0. The fraction of sp³-hybridized carbons (Fsp3) is 0. The molecular formula is H5ClO2Ti. The molecule has 0 fully saturated rings. The molecule has 0 heterocycles. The van der Waals surface area contributed by atoms with Gasteiger partial charge >= 0.3 is 0 Å². The monoisotopic (exact) mass is 120 g/mol. The van der Waals surface area contributed by atoms with Crippen LogP contribution in [0.2, 0.25) is 0 Å².